The van der Waals surface area contributed by atoms with Crippen molar-refractivity contribution >= 4 is 10.9 Å². The van der Waals surface area contributed by atoms with E-state index < -0.39 is 17.3 Å². The van der Waals surface area contributed by atoms with Crippen molar-refractivity contribution in [3.8, 4) is 0 Å². The molecule has 0 atom stereocenters. The first-order chi connectivity index (χ1) is 8.93. The van der Waals surface area contributed by atoms with E-state index in [-0.39, 0.29) is 10.9 Å². The zero-order chi connectivity index (χ0) is 14.0. The number of fused-ring (bicyclic) bond motifs is 1. The Balaban J connectivity index is 2.51. The molecule has 0 aliphatic rings. The van der Waals surface area contributed by atoms with Crippen LogP contribution in [0.3, 0.4) is 0 Å². The average Bonchev–Trinajstić information content (AvgIpc) is 2.36. The third kappa shape index (κ3) is 2.73. The van der Waals surface area contributed by atoms with Crippen LogP contribution in [0.15, 0.2) is 23.0 Å². The fourth-order valence-corrected chi connectivity index (χ4v) is 1.64. The second kappa shape index (κ2) is 4.96. The van der Waals surface area contributed by atoms with Gasteiger partial charge in [-0.05, 0) is 31.2 Å². The van der Waals surface area contributed by atoms with E-state index in [9.17, 15) is 18.0 Å². The van der Waals surface area contributed by atoms with Crippen molar-refractivity contribution in [3.63, 3.8) is 0 Å². The van der Waals surface area contributed by atoms with Crippen LogP contribution in [0.2, 0.25) is 0 Å². The summed E-state index contributed by atoms with van der Waals surface area (Å²) in [5.74, 6) is 0. The molecule has 0 saturated heterocycles. The maximum Gasteiger partial charge on any atom is 0.416 e. The largest absolute Gasteiger partial charge is 0.416 e. The van der Waals surface area contributed by atoms with Crippen molar-refractivity contribution in [1.82, 2.24) is 15.0 Å². The van der Waals surface area contributed by atoms with Gasteiger partial charge >= 0.3 is 6.18 Å². The molecule has 0 aliphatic heterocycles. The van der Waals surface area contributed by atoms with Gasteiger partial charge in [-0.2, -0.15) is 13.2 Å². The van der Waals surface area contributed by atoms with Gasteiger partial charge in [-0.15, -0.1) is 5.10 Å². The van der Waals surface area contributed by atoms with Gasteiger partial charge in [0.05, 0.1) is 10.9 Å². The van der Waals surface area contributed by atoms with Gasteiger partial charge in [0, 0.05) is 6.54 Å². The minimum absolute atomic E-state index is 0.0659. The van der Waals surface area contributed by atoms with E-state index in [2.05, 4.69) is 10.3 Å². The molecule has 2 aromatic rings. The number of nitrogens with zero attached hydrogens (tertiary/aromatic N) is 3. The van der Waals surface area contributed by atoms with Crippen molar-refractivity contribution in [2.24, 2.45) is 5.73 Å². The first-order valence-electron chi connectivity index (χ1n) is 5.58. The van der Waals surface area contributed by atoms with Crippen molar-refractivity contribution in [3.05, 3.63) is 34.1 Å². The number of aryl methyl sites for hydroxylation is 1. The van der Waals surface area contributed by atoms with Crippen molar-refractivity contribution in [2.75, 3.05) is 6.54 Å². The topological polar surface area (TPSA) is 73.8 Å². The number of hydrogen-bond donors (Lipinski definition) is 1. The van der Waals surface area contributed by atoms with Gasteiger partial charge in [0.2, 0.25) is 0 Å². The molecule has 0 spiro atoms. The second-order valence-electron chi connectivity index (χ2n) is 3.99. The van der Waals surface area contributed by atoms with Crippen LogP contribution in [0.1, 0.15) is 12.0 Å². The maximum atomic E-state index is 12.5. The molecule has 1 heterocycles. The fourth-order valence-electron chi connectivity index (χ4n) is 1.64. The number of rotatable bonds is 3. The predicted octanol–water partition coefficient (Wildman–Crippen LogP) is 1.16. The molecule has 0 radical (unpaired) electrons. The molecule has 0 bridgehead atoms. The fraction of sp³-hybridized carbons (Fsp3) is 0.364. The Morgan fingerprint density at radius 1 is 1.32 bits per heavy atom. The lowest BCUT2D eigenvalue weighted by atomic mass is 10.1. The van der Waals surface area contributed by atoms with E-state index in [1.807, 2.05) is 0 Å². The Kier molecular flexibility index (Phi) is 3.52. The van der Waals surface area contributed by atoms with E-state index >= 15 is 0 Å². The first-order valence-corrected chi connectivity index (χ1v) is 5.58. The second-order valence-corrected chi connectivity index (χ2v) is 3.99. The Morgan fingerprint density at radius 3 is 2.68 bits per heavy atom. The third-order valence-electron chi connectivity index (χ3n) is 2.62. The SMILES string of the molecule is NCCCn1nnc2cc(C(F)(F)F)ccc2c1=O. The summed E-state index contributed by atoms with van der Waals surface area (Å²) in [6.07, 6.45) is -3.93. The van der Waals surface area contributed by atoms with E-state index in [0.29, 0.717) is 19.5 Å². The van der Waals surface area contributed by atoms with Crippen LogP contribution >= 0.6 is 0 Å². The number of nitrogens with two attached hydrogens (primary N) is 1. The number of halogens is 3. The Labute approximate surface area is 105 Å². The quantitative estimate of drug-likeness (QED) is 0.909. The molecule has 5 nitrogen and oxygen atoms in total. The molecular formula is C11H11F3N4O. The summed E-state index contributed by atoms with van der Waals surface area (Å²) in [4.78, 5) is 11.9. The molecule has 19 heavy (non-hydrogen) atoms. The number of hydrogen-bond acceptors (Lipinski definition) is 4. The zero-order valence-corrected chi connectivity index (χ0v) is 9.81. The molecule has 2 N–H and O–H groups in total. The minimum atomic E-state index is -4.47. The Morgan fingerprint density at radius 2 is 2.05 bits per heavy atom. The molecule has 0 fully saturated rings. The van der Waals surface area contributed by atoms with Gasteiger partial charge in [0.1, 0.15) is 5.52 Å². The lowest BCUT2D eigenvalue weighted by Crippen LogP contribution is -2.25. The average molecular weight is 272 g/mol. The molecule has 0 saturated carbocycles. The lowest BCUT2D eigenvalue weighted by Gasteiger charge is -2.08. The van der Waals surface area contributed by atoms with Crippen LogP contribution in [0.25, 0.3) is 10.9 Å². The summed E-state index contributed by atoms with van der Waals surface area (Å²) < 4.78 is 38.6. The molecule has 0 amide bonds. The molecule has 8 heteroatoms. The van der Waals surface area contributed by atoms with E-state index in [0.717, 1.165) is 22.9 Å². The smallest absolute Gasteiger partial charge is 0.330 e. The number of alkyl halides is 3. The molecule has 102 valence electrons. The van der Waals surface area contributed by atoms with Gasteiger partial charge in [0.25, 0.3) is 5.56 Å². The van der Waals surface area contributed by atoms with E-state index in [4.69, 9.17) is 5.73 Å². The molecule has 2 rings (SSSR count). The van der Waals surface area contributed by atoms with Crippen LogP contribution in [0, 0.1) is 0 Å². The zero-order valence-electron chi connectivity index (χ0n) is 9.81. The highest BCUT2D eigenvalue weighted by atomic mass is 19.4. The summed E-state index contributed by atoms with van der Waals surface area (Å²) in [5, 5.41) is 7.35. The van der Waals surface area contributed by atoms with E-state index in [1.54, 1.807) is 0 Å². The monoisotopic (exact) mass is 272 g/mol. The highest BCUT2D eigenvalue weighted by Gasteiger charge is 2.30. The minimum Gasteiger partial charge on any atom is -0.330 e. The van der Waals surface area contributed by atoms with Crippen molar-refractivity contribution in [2.45, 2.75) is 19.1 Å². The van der Waals surface area contributed by atoms with Gasteiger partial charge in [-0.25, -0.2) is 4.68 Å². The van der Waals surface area contributed by atoms with Gasteiger partial charge in [-0.3, -0.25) is 4.79 Å². The summed E-state index contributed by atoms with van der Waals surface area (Å²) in [7, 11) is 0. The normalized spacial score (nSPS) is 12.0. The molecule has 0 unspecified atom stereocenters. The van der Waals surface area contributed by atoms with Crippen LogP contribution in [0.5, 0.6) is 0 Å². The summed E-state index contributed by atoms with van der Waals surface area (Å²) >= 11 is 0. The molecule has 1 aromatic heterocycles. The highest BCUT2D eigenvalue weighted by molar-refractivity contribution is 5.77. The van der Waals surface area contributed by atoms with Crippen LogP contribution < -0.4 is 11.3 Å². The summed E-state index contributed by atoms with van der Waals surface area (Å²) in [6.45, 7) is 0.679. The van der Waals surface area contributed by atoms with Crippen LogP contribution in [0.4, 0.5) is 13.2 Å². The third-order valence-corrected chi connectivity index (χ3v) is 2.62. The van der Waals surface area contributed by atoms with Crippen LogP contribution in [-0.2, 0) is 12.7 Å². The summed E-state index contributed by atoms with van der Waals surface area (Å²) in [5.41, 5.74) is 3.93. The number of aromatic nitrogens is 3. The standard InChI is InChI=1S/C11H11F3N4O/c12-11(13,14)7-2-3-8-9(6-7)16-17-18(10(8)19)5-1-4-15/h2-3,6H,1,4-5,15H2. The highest BCUT2D eigenvalue weighted by Crippen LogP contribution is 2.30. The Bertz CT molecular complexity index is 650. The van der Waals surface area contributed by atoms with E-state index in [1.165, 1.54) is 0 Å². The van der Waals surface area contributed by atoms with Gasteiger partial charge in [-0.1, -0.05) is 5.21 Å². The summed E-state index contributed by atoms with van der Waals surface area (Å²) in [6, 6.07) is 2.80. The molecule has 0 aliphatic carbocycles. The van der Waals surface area contributed by atoms with Crippen molar-refractivity contribution in [1.29, 1.82) is 0 Å². The Hall–Kier alpha value is -1.96. The van der Waals surface area contributed by atoms with Crippen LogP contribution in [-0.4, -0.2) is 21.5 Å². The van der Waals surface area contributed by atoms with Gasteiger partial charge in [0.15, 0.2) is 0 Å². The first kappa shape index (κ1) is 13.5. The molecular weight excluding hydrogens is 261 g/mol. The lowest BCUT2D eigenvalue weighted by molar-refractivity contribution is -0.137. The van der Waals surface area contributed by atoms with Gasteiger partial charge < -0.3 is 5.73 Å². The predicted molar refractivity (Wildman–Crippen MR) is 62.5 cm³/mol. The molecule has 1 aromatic carbocycles. The van der Waals surface area contributed by atoms with Crippen molar-refractivity contribution < 1.29 is 13.2 Å². The maximum absolute atomic E-state index is 12.5. The number of benzene rings is 1.